The Hall–Kier alpha value is -1.81. The first-order valence-electron chi connectivity index (χ1n) is 5.37. The van der Waals surface area contributed by atoms with Crippen molar-refractivity contribution >= 4 is 22.9 Å². The Kier molecular flexibility index (Phi) is 3.77. The maximum Gasteiger partial charge on any atom is 0.224 e. The molecule has 1 amide bonds. The van der Waals surface area contributed by atoms with E-state index in [1.165, 1.54) is 0 Å². The van der Waals surface area contributed by atoms with Crippen molar-refractivity contribution in [3.63, 3.8) is 0 Å². The molecule has 0 aliphatic heterocycles. The second-order valence-corrected chi connectivity index (χ2v) is 4.81. The fraction of sp³-hybridized carbons (Fsp3) is 0.154. The Morgan fingerprint density at radius 1 is 1.29 bits per heavy atom. The van der Waals surface area contributed by atoms with Crippen molar-refractivity contribution in [2.75, 3.05) is 5.73 Å². The van der Waals surface area contributed by atoms with Crippen LogP contribution in [0.1, 0.15) is 10.4 Å². The van der Waals surface area contributed by atoms with Crippen molar-refractivity contribution in [2.24, 2.45) is 0 Å². The molecule has 2 aromatic rings. The lowest BCUT2D eigenvalue weighted by molar-refractivity contribution is -0.120. The molecule has 0 fully saturated rings. The topological polar surface area (TPSA) is 55.1 Å². The summed E-state index contributed by atoms with van der Waals surface area (Å²) >= 11 is 1.64. The van der Waals surface area contributed by atoms with Gasteiger partial charge >= 0.3 is 0 Å². The first kappa shape index (κ1) is 11.7. The minimum atomic E-state index is 0.0176. The van der Waals surface area contributed by atoms with Gasteiger partial charge in [-0.3, -0.25) is 4.79 Å². The van der Waals surface area contributed by atoms with Crippen LogP contribution in [-0.2, 0) is 17.8 Å². The Balaban J connectivity index is 1.85. The normalized spacial score (nSPS) is 10.1. The van der Waals surface area contributed by atoms with Crippen molar-refractivity contribution in [2.45, 2.75) is 13.0 Å². The molecule has 0 aliphatic carbocycles. The fourth-order valence-corrected chi connectivity index (χ4v) is 2.19. The summed E-state index contributed by atoms with van der Waals surface area (Å²) < 4.78 is 0. The van der Waals surface area contributed by atoms with Gasteiger partial charge in [0.05, 0.1) is 13.0 Å². The molecule has 0 aliphatic rings. The molecule has 1 aromatic carbocycles. The number of carbonyl (C=O) groups excluding carboxylic acids is 1. The molecule has 2 rings (SSSR count). The highest BCUT2D eigenvalue weighted by Crippen LogP contribution is 2.09. The van der Waals surface area contributed by atoms with E-state index in [0.717, 1.165) is 10.4 Å². The van der Waals surface area contributed by atoms with E-state index >= 15 is 0 Å². The second kappa shape index (κ2) is 5.50. The molecule has 88 valence electrons. The molecule has 1 heterocycles. The van der Waals surface area contributed by atoms with E-state index in [-0.39, 0.29) is 5.91 Å². The Morgan fingerprint density at radius 2 is 2.18 bits per heavy atom. The van der Waals surface area contributed by atoms with Crippen molar-refractivity contribution < 1.29 is 4.79 Å². The molecule has 0 atom stereocenters. The van der Waals surface area contributed by atoms with Crippen molar-refractivity contribution in [1.29, 1.82) is 0 Å². The number of rotatable bonds is 4. The lowest BCUT2D eigenvalue weighted by atomic mass is 10.1. The third-order valence-electron chi connectivity index (χ3n) is 2.36. The third kappa shape index (κ3) is 3.60. The van der Waals surface area contributed by atoms with Crippen LogP contribution in [-0.4, -0.2) is 5.91 Å². The van der Waals surface area contributed by atoms with E-state index in [2.05, 4.69) is 5.32 Å². The van der Waals surface area contributed by atoms with Gasteiger partial charge < -0.3 is 11.1 Å². The number of nitrogens with two attached hydrogens (primary N) is 1. The number of nitrogens with one attached hydrogen (secondary N) is 1. The summed E-state index contributed by atoms with van der Waals surface area (Å²) in [6, 6.07) is 11.4. The van der Waals surface area contributed by atoms with E-state index in [1.807, 2.05) is 41.8 Å². The maximum absolute atomic E-state index is 11.7. The van der Waals surface area contributed by atoms with Crippen LogP contribution >= 0.6 is 11.3 Å². The van der Waals surface area contributed by atoms with E-state index in [1.54, 1.807) is 11.3 Å². The fourth-order valence-electron chi connectivity index (χ4n) is 1.55. The van der Waals surface area contributed by atoms with Gasteiger partial charge in [-0.05, 0) is 29.1 Å². The van der Waals surface area contributed by atoms with Gasteiger partial charge in [-0.25, -0.2) is 0 Å². The van der Waals surface area contributed by atoms with Crippen LogP contribution in [0.3, 0.4) is 0 Å². The predicted octanol–water partition coefficient (Wildman–Crippen LogP) is 2.19. The van der Waals surface area contributed by atoms with Gasteiger partial charge in [-0.2, -0.15) is 0 Å². The zero-order valence-corrected chi connectivity index (χ0v) is 10.2. The van der Waals surface area contributed by atoms with Gasteiger partial charge in [0.15, 0.2) is 0 Å². The van der Waals surface area contributed by atoms with Gasteiger partial charge in [0.1, 0.15) is 0 Å². The number of anilines is 1. The first-order chi connectivity index (χ1) is 8.24. The molecule has 0 saturated heterocycles. The minimum Gasteiger partial charge on any atom is -0.399 e. The summed E-state index contributed by atoms with van der Waals surface area (Å²) in [5.74, 6) is 0.0176. The summed E-state index contributed by atoms with van der Waals surface area (Å²) in [6.45, 7) is 0.596. The number of benzene rings is 1. The van der Waals surface area contributed by atoms with Gasteiger partial charge in [0, 0.05) is 10.6 Å². The van der Waals surface area contributed by atoms with Crippen LogP contribution in [0.4, 0.5) is 5.69 Å². The summed E-state index contributed by atoms with van der Waals surface area (Å²) in [7, 11) is 0. The van der Waals surface area contributed by atoms with Crippen molar-refractivity contribution in [3.8, 4) is 0 Å². The molecule has 0 saturated carbocycles. The van der Waals surface area contributed by atoms with Crippen LogP contribution in [0.25, 0.3) is 0 Å². The van der Waals surface area contributed by atoms with Crippen molar-refractivity contribution in [1.82, 2.24) is 5.32 Å². The number of hydrogen-bond donors (Lipinski definition) is 2. The van der Waals surface area contributed by atoms with E-state index < -0.39 is 0 Å². The highest BCUT2D eigenvalue weighted by atomic mass is 32.1. The van der Waals surface area contributed by atoms with Gasteiger partial charge in [0.2, 0.25) is 5.91 Å². The highest BCUT2D eigenvalue weighted by molar-refractivity contribution is 7.09. The summed E-state index contributed by atoms with van der Waals surface area (Å²) in [5.41, 5.74) is 7.28. The van der Waals surface area contributed by atoms with Gasteiger partial charge in [-0.1, -0.05) is 18.2 Å². The molecule has 4 heteroatoms. The summed E-state index contributed by atoms with van der Waals surface area (Å²) in [4.78, 5) is 12.8. The van der Waals surface area contributed by atoms with Gasteiger partial charge in [0.25, 0.3) is 0 Å². The van der Waals surface area contributed by atoms with Gasteiger partial charge in [-0.15, -0.1) is 11.3 Å². The van der Waals surface area contributed by atoms with Crippen LogP contribution in [0.5, 0.6) is 0 Å². The first-order valence-corrected chi connectivity index (χ1v) is 6.25. The quantitative estimate of drug-likeness (QED) is 0.812. The SMILES string of the molecule is Nc1cccc(CC(=O)NCc2cccs2)c1. The van der Waals surface area contributed by atoms with E-state index in [9.17, 15) is 4.79 Å². The molecular formula is C13H14N2OS. The Bertz CT molecular complexity index is 494. The highest BCUT2D eigenvalue weighted by Gasteiger charge is 2.03. The molecule has 3 N–H and O–H groups in total. The minimum absolute atomic E-state index is 0.0176. The Labute approximate surface area is 104 Å². The van der Waals surface area contributed by atoms with E-state index in [0.29, 0.717) is 18.7 Å². The zero-order valence-electron chi connectivity index (χ0n) is 9.35. The molecular weight excluding hydrogens is 232 g/mol. The average molecular weight is 246 g/mol. The standard InChI is InChI=1S/C13H14N2OS/c14-11-4-1-3-10(7-11)8-13(16)15-9-12-5-2-6-17-12/h1-7H,8-9,14H2,(H,15,16). The molecule has 0 spiro atoms. The Morgan fingerprint density at radius 3 is 2.88 bits per heavy atom. The lowest BCUT2D eigenvalue weighted by Crippen LogP contribution is -2.24. The molecule has 17 heavy (non-hydrogen) atoms. The molecule has 3 nitrogen and oxygen atoms in total. The number of amides is 1. The van der Waals surface area contributed by atoms with Crippen LogP contribution in [0, 0.1) is 0 Å². The maximum atomic E-state index is 11.7. The smallest absolute Gasteiger partial charge is 0.224 e. The van der Waals surface area contributed by atoms with E-state index in [4.69, 9.17) is 5.73 Å². The molecule has 1 aromatic heterocycles. The van der Waals surface area contributed by atoms with Crippen LogP contribution < -0.4 is 11.1 Å². The number of carbonyl (C=O) groups is 1. The molecule has 0 radical (unpaired) electrons. The summed E-state index contributed by atoms with van der Waals surface area (Å²) in [6.07, 6.45) is 0.371. The lowest BCUT2D eigenvalue weighted by Gasteiger charge is -2.04. The second-order valence-electron chi connectivity index (χ2n) is 3.78. The van der Waals surface area contributed by atoms with Crippen LogP contribution in [0.15, 0.2) is 41.8 Å². The number of thiophene rings is 1. The number of nitrogen functional groups attached to an aromatic ring is 1. The zero-order chi connectivity index (χ0) is 12.1. The third-order valence-corrected chi connectivity index (χ3v) is 3.23. The largest absolute Gasteiger partial charge is 0.399 e. The van der Waals surface area contributed by atoms with Crippen LogP contribution in [0.2, 0.25) is 0 Å². The number of hydrogen-bond acceptors (Lipinski definition) is 3. The predicted molar refractivity (Wildman–Crippen MR) is 70.7 cm³/mol. The monoisotopic (exact) mass is 246 g/mol. The molecule has 0 bridgehead atoms. The summed E-state index contributed by atoms with van der Waals surface area (Å²) in [5, 5.41) is 4.88. The van der Waals surface area contributed by atoms with Crippen molar-refractivity contribution in [3.05, 3.63) is 52.2 Å². The average Bonchev–Trinajstić information content (AvgIpc) is 2.79. The molecule has 0 unspecified atom stereocenters.